The molecule has 3 rings (SSSR count). The van der Waals surface area contributed by atoms with Crippen LogP contribution >= 0.6 is 0 Å². The third kappa shape index (κ3) is 4.32. The highest BCUT2D eigenvalue weighted by Gasteiger charge is 2.28. The van der Waals surface area contributed by atoms with Gasteiger partial charge in [0.05, 0.1) is 11.9 Å². The Hall–Kier alpha value is -1.05. The van der Waals surface area contributed by atoms with Gasteiger partial charge in [-0.2, -0.15) is 0 Å². The highest BCUT2D eigenvalue weighted by atomic mass is 32.2. The molecule has 1 aliphatic heterocycles. The molecule has 0 bridgehead atoms. The summed E-state index contributed by atoms with van der Waals surface area (Å²) in [6.45, 7) is 0.687. The standard InChI is InChI=1S/C17H23F2NO3S/c18-12-10-15-14(16(19)11-12)5-3-6-17(15)20-24(21,22)9-7-13-4-1-2-8-23-13/h10-11,13,17,20H,1-9H2/t13?,17-/m1/s1. The SMILES string of the molecule is O=S(=O)(CCC1CCCCO1)N[C@@H]1CCCc2c(F)cc(F)cc21. The lowest BCUT2D eigenvalue weighted by atomic mass is 9.88. The van der Waals surface area contributed by atoms with Gasteiger partial charge in [0, 0.05) is 18.7 Å². The highest BCUT2D eigenvalue weighted by Crippen LogP contribution is 2.32. The molecule has 0 amide bonds. The van der Waals surface area contributed by atoms with Gasteiger partial charge in [0.25, 0.3) is 0 Å². The van der Waals surface area contributed by atoms with Crippen LogP contribution in [0, 0.1) is 11.6 Å². The van der Waals surface area contributed by atoms with Gasteiger partial charge in [-0.1, -0.05) is 0 Å². The monoisotopic (exact) mass is 359 g/mol. The van der Waals surface area contributed by atoms with Crippen molar-refractivity contribution < 1.29 is 21.9 Å². The number of hydrogen-bond acceptors (Lipinski definition) is 3. The Labute approximate surface area is 141 Å². The van der Waals surface area contributed by atoms with Crippen LogP contribution < -0.4 is 4.72 Å². The van der Waals surface area contributed by atoms with Crippen LogP contribution in [0.4, 0.5) is 8.78 Å². The summed E-state index contributed by atoms with van der Waals surface area (Å²) in [5.74, 6) is -1.29. The van der Waals surface area contributed by atoms with Crippen molar-refractivity contribution in [2.45, 2.75) is 57.1 Å². The van der Waals surface area contributed by atoms with Crippen LogP contribution in [0.5, 0.6) is 0 Å². The van der Waals surface area contributed by atoms with Gasteiger partial charge < -0.3 is 4.74 Å². The van der Waals surface area contributed by atoms with Crippen molar-refractivity contribution in [3.8, 4) is 0 Å². The van der Waals surface area contributed by atoms with Crippen molar-refractivity contribution in [1.82, 2.24) is 4.72 Å². The van der Waals surface area contributed by atoms with E-state index < -0.39 is 27.7 Å². The second kappa shape index (κ2) is 7.45. The maximum Gasteiger partial charge on any atom is 0.212 e. The van der Waals surface area contributed by atoms with E-state index in [0.717, 1.165) is 25.3 Å². The lowest BCUT2D eigenvalue weighted by Gasteiger charge is -2.27. The summed E-state index contributed by atoms with van der Waals surface area (Å²) >= 11 is 0. The first-order chi connectivity index (χ1) is 11.4. The number of benzene rings is 1. The van der Waals surface area contributed by atoms with E-state index in [-0.39, 0.29) is 11.9 Å². The zero-order valence-corrected chi connectivity index (χ0v) is 14.4. The highest BCUT2D eigenvalue weighted by molar-refractivity contribution is 7.89. The Morgan fingerprint density at radius 2 is 2.00 bits per heavy atom. The molecule has 0 spiro atoms. The average Bonchev–Trinajstić information content (AvgIpc) is 2.55. The van der Waals surface area contributed by atoms with Gasteiger partial charge in [0.1, 0.15) is 11.6 Å². The van der Waals surface area contributed by atoms with Gasteiger partial charge >= 0.3 is 0 Å². The molecule has 1 unspecified atom stereocenters. The van der Waals surface area contributed by atoms with Crippen LogP contribution in [-0.4, -0.2) is 26.9 Å². The summed E-state index contributed by atoms with van der Waals surface area (Å²) in [5.41, 5.74) is 0.849. The van der Waals surface area contributed by atoms with Crippen LogP contribution in [0.15, 0.2) is 12.1 Å². The molecule has 1 heterocycles. The van der Waals surface area contributed by atoms with Gasteiger partial charge in [-0.15, -0.1) is 0 Å². The van der Waals surface area contributed by atoms with E-state index in [2.05, 4.69) is 4.72 Å². The van der Waals surface area contributed by atoms with Gasteiger partial charge in [-0.3, -0.25) is 0 Å². The minimum Gasteiger partial charge on any atom is -0.378 e. The van der Waals surface area contributed by atoms with Crippen LogP contribution in [0.2, 0.25) is 0 Å². The predicted octanol–water partition coefficient (Wildman–Crippen LogP) is 3.22. The van der Waals surface area contributed by atoms with Crippen molar-refractivity contribution in [3.63, 3.8) is 0 Å². The fourth-order valence-electron chi connectivity index (χ4n) is 3.56. The van der Waals surface area contributed by atoms with E-state index in [4.69, 9.17) is 4.74 Å². The van der Waals surface area contributed by atoms with E-state index in [9.17, 15) is 17.2 Å². The number of sulfonamides is 1. The van der Waals surface area contributed by atoms with Crippen LogP contribution in [0.1, 0.15) is 55.7 Å². The van der Waals surface area contributed by atoms with Crippen molar-refractivity contribution in [2.75, 3.05) is 12.4 Å². The van der Waals surface area contributed by atoms with Gasteiger partial charge in [0.15, 0.2) is 0 Å². The molecular weight excluding hydrogens is 336 g/mol. The minimum absolute atomic E-state index is 0.0103. The van der Waals surface area contributed by atoms with E-state index in [1.807, 2.05) is 0 Å². The molecule has 7 heteroatoms. The number of nitrogens with one attached hydrogen (secondary N) is 1. The maximum absolute atomic E-state index is 13.9. The van der Waals surface area contributed by atoms with E-state index in [0.29, 0.717) is 43.4 Å². The first-order valence-corrected chi connectivity index (χ1v) is 10.2. The summed E-state index contributed by atoms with van der Waals surface area (Å²) < 4.78 is 60.3. The fourth-order valence-corrected chi connectivity index (χ4v) is 4.93. The van der Waals surface area contributed by atoms with Crippen molar-refractivity contribution in [1.29, 1.82) is 0 Å². The normalized spacial score (nSPS) is 24.6. The molecule has 134 valence electrons. The molecular formula is C17H23F2NO3S. The van der Waals surface area contributed by atoms with Crippen LogP contribution in [-0.2, 0) is 21.2 Å². The topological polar surface area (TPSA) is 55.4 Å². The molecule has 2 atom stereocenters. The molecule has 1 aromatic rings. The molecule has 0 aromatic heterocycles. The van der Waals surface area contributed by atoms with Crippen molar-refractivity contribution in [2.24, 2.45) is 0 Å². The Morgan fingerprint density at radius 3 is 2.75 bits per heavy atom. The summed E-state index contributed by atoms with van der Waals surface area (Å²) in [4.78, 5) is 0. The Kier molecular flexibility index (Phi) is 5.52. The third-order valence-electron chi connectivity index (χ3n) is 4.79. The molecule has 1 fully saturated rings. The summed E-state index contributed by atoms with van der Waals surface area (Å²) in [5, 5.41) is 0. The van der Waals surface area contributed by atoms with Gasteiger partial charge in [-0.25, -0.2) is 21.9 Å². The Balaban J connectivity index is 1.67. The fraction of sp³-hybridized carbons (Fsp3) is 0.647. The first-order valence-electron chi connectivity index (χ1n) is 8.54. The lowest BCUT2D eigenvalue weighted by molar-refractivity contribution is 0.0147. The van der Waals surface area contributed by atoms with Crippen molar-refractivity contribution >= 4 is 10.0 Å². The van der Waals surface area contributed by atoms with E-state index >= 15 is 0 Å². The Bertz CT molecular complexity index is 687. The number of fused-ring (bicyclic) bond motifs is 1. The second-order valence-electron chi connectivity index (χ2n) is 6.61. The zero-order chi connectivity index (χ0) is 17.2. The third-order valence-corrected chi connectivity index (χ3v) is 6.21. The van der Waals surface area contributed by atoms with Crippen LogP contribution in [0.25, 0.3) is 0 Å². The quantitative estimate of drug-likeness (QED) is 0.878. The van der Waals surface area contributed by atoms with Gasteiger partial charge in [0.2, 0.25) is 10.0 Å². The van der Waals surface area contributed by atoms with Crippen LogP contribution in [0.3, 0.4) is 0 Å². The zero-order valence-electron chi connectivity index (χ0n) is 13.6. The summed E-state index contributed by atoms with van der Waals surface area (Å²) in [7, 11) is -3.52. The second-order valence-corrected chi connectivity index (χ2v) is 8.49. The number of hydrogen-bond donors (Lipinski definition) is 1. The first kappa shape index (κ1) is 17.8. The van der Waals surface area contributed by atoms with Gasteiger partial charge in [-0.05, 0) is 62.1 Å². The molecule has 4 nitrogen and oxygen atoms in total. The molecule has 1 aliphatic carbocycles. The lowest BCUT2D eigenvalue weighted by Crippen LogP contribution is -2.34. The molecule has 2 aliphatic rings. The van der Waals surface area contributed by atoms with Crippen molar-refractivity contribution in [3.05, 3.63) is 34.9 Å². The largest absolute Gasteiger partial charge is 0.378 e. The van der Waals surface area contributed by atoms with E-state index in [1.54, 1.807) is 0 Å². The molecule has 1 aromatic carbocycles. The number of halogens is 2. The average molecular weight is 359 g/mol. The maximum atomic E-state index is 13.9. The molecule has 1 N–H and O–H groups in total. The number of ether oxygens (including phenoxy) is 1. The molecule has 0 radical (unpaired) electrons. The molecule has 1 saturated heterocycles. The molecule has 24 heavy (non-hydrogen) atoms. The molecule has 0 saturated carbocycles. The predicted molar refractivity (Wildman–Crippen MR) is 87.2 cm³/mol. The summed E-state index contributed by atoms with van der Waals surface area (Å²) in [6, 6.07) is 1.54. The Morgan fingerprint density at radius 1 is 1.17 bits per heavy atom. The minimum atomic E-state index is -3.52. The smallest absolute Gasteiger partial charge is 0.212 e. The van der Waals surface area contributed by atoms with E-state index in [1.165, 1.54) is 6.07 Å². The number of rotatable bonds is 5. The summed E-state index contributed by atoms with van der Waals surface area (Å²) in [6.07, 6.45) is 5.15.